The van der Waals surface area contributed by atoms with E-state index in [1.54, 1.807) is 4.90 Å². The third kappa shape index (κ3) is 4.59. The number of carbonyl (C=O) groups excluding carboxylic acids is 2. The van der Waals surface area contributed by atoms with Crippen LogP contribution in [0.2, 0.25) is 0 Å². The third-order valence-electron chi connectivity index (χ3n) is 5.44. The number of nitrogens with zero attached hydrogens (tertiary/aromatic N) is 2. The van der Waals surface area contributed by atoms with Crippen molar-refractivity contribution in [2.24, 2.45) is 5.92 Å². The summed E-state index contributed by atoms with van der Waals surface area (Å²) in [4.78, 5) is 27.2. The predicted octanol–water partition coefficient (Wildman–Crippen LogP) is 3.82. The van der Waals surface area contributed by atoms with Crippen molar-refractivity contribution in [3.8, 4) is 11.3 Å². The molecule has 4 rings (SSSR count). The average Bonchev–Trinajstić information content (AvgIpc) is 3.27. The number of amides is 2. The van der Waals surface area contributed by atoms with Gasteiger partial charge in [0.25, 0.3) is 5.91 Å². The standard InChI is InChI=1S/C24H25N3O3/c1-17-9-11-19(12-10-17)24(29)27-13-5-8-20(16-27)23(28)25-15-21-14-22(30-26-21)18-6-3-2-4-7-18/h2-4,6-7,9-12,14,20H,5,8,13,15-16H2,1H3,(H,25,28). The molecule has 1 unspecified atom stereocenters. The van der Waals surface area contributed by atoms with Crippen molar-refractivity contribution in [2.75, 3.05) is 13.1 Å². The van der Waals surface area contributed by atoms with Gasteiger partial charge in [0.15, 0.2) is 5.76 Å². The van der Waals surface area contributed by atoms with Gasteiger partial charge in [-0.25, -0.2) is 0 Å². The van der Waals surface area contributed by atoms with E-state index in [1.807, 2.05) is 67.6 Å². The summed E-state index contributed by atoms with van der Waals surface area (Å²) in [7, 11) is 0. The maximum Gasteiger partial charge on any atom is 0.253 e. The molecule has 0 aliphatic carbocycles. The minimum atomic E-state index is -0.214. The molecule has 1 atom stereocenters. The van der Waals surface area contributed by atoms with Gasteiger partial charge in [-0.05, 0) is 31.9 Å². The first-order valence-corrected chi connectivity index (χ1v) is 10.2. The number of aromatic nitrogens is 1. The third-order valence-corrected chi connectivity index (χ3v) is 5.44. The summed E-state index contributed by atoms with van der Waals surface area (Å²) >= 11 is 0. The number of benzene rings is 2. The highest BCUT2D eigenvalue weighted by molar-refractivity contribution is 5.94. The van der Waals surface area contributed by atoms with Crippen molar-refractivity contribution >= 4 is 11.8 Å². The van der Waals surface area contributed by atoms with Crippen LogP contribution in [-0.2, 0) is 11.3 Å². The van der Waals surface area contributed by atoms with E-state index in [2.05, 4.69) is 10.5 Å². The van der Waals surface area contributed by atoms with Gasteiger partial charge in [0.2, 0.25) is 5.91 Å². The fourth-order valence-corrected chi connectivity index (χ4v) is 3.71. The molecule has 1 saturated heterocycles. The topological polar surface area (TPSA) is 75.4 Å². The lowest BCUT2D eigenvalue weighted by atomic mass is 9.96. The van der Waals surface area contributed by atoms with E-state index < -0.39 is 0 Å². The fraction of sp³-hybridized carbons (Fsp3) is 0.292. The summed E-state index contributed by atoms with van der Waals surface area (Å²) in [5.41, 5.74) is 3.40. The SMILES string of the molecule is Cc1ccc(C(=O)N2CCCC(C(=O)NCc3cc(-c4ccccc4)on3)C2)cc1. The monoisotopic (exact) mass is 403 g/mol. The van der Waals surface area contributed by atoms with E-state index in [0.717, 1.165) is 24.0 Å². The summed E-state index contributed by atoms with van der Waals surface area (Å²) in [5.74, 6) is 0.387. The van der Waals surface area contributed by atoms with Crippen LogP contribution in [0.5, 0.6) is 0 Å². The zero-order valence-corrected chi connectivity index (χ0v) is 17.0. The van der Waals surface area contributed by atoms with Gasteiger partial charge < -0.3 is 14.7 Å². The Balaban J connectivity index is 1.33. The van der Waals surface area contributed by atoms with Crippen LogP contribution in [0, 0.1) is 12.8 Å². The normalized spacial score (nSPS) is 16.3. The molecule has 3 aromatic rings. The first-order chi connectivity index (χ1) is 14.6. The Morgan fingerprint density at radius 2 is 1.90 bits per heavy atom. The van der Waals surface area contributed by atoms with Gasteiger partial charge in [0, 0.05) is 30.3 Å². The van der Waals surface area contributed by atoms with Crippen LogP contribution < -0.4 is 5.32 Å². The maximum atomic E-state index is 12.8. The highest BCUT2D eigenvalue weighted by Gasteiger charge is 2.29. The van der Waals surface area contributed by atoms with E-state index in [0.29, 0.717) is 36.7 Å². The van der Waals surface area contributed by atoms with Gasteiger partial charge in [-0.3, -0.25) is 9.59 Å². The highest BCUT2D eigenvalue weighted by Crippen LogP contribution is 2.21. The van der Waals surface area contributed by atoms with Crippen molar-refractivity contribution in [3.63, 3.8) is 0 Å². The fourth-order valence-electron chi connectivity index (χ4n) is 3.71. The second-order valence-corrected chi connectivity index (χ2v) is 7.72. The van der Waals surface area contributed by atoms with Crippen LogP contribution in [0.25, 0.3) is 11.3 Å². The molecular weight excluding hydrogens is 378 g/mol. The lowest BCUT2D eigenvalue weighted by Gasteiger charge is -2.32. The summed E-state index contributed by atoms with van der Waals surface area (Å²) in [6.07, 6.45) is 1.59. The summed E-state index contributed by atoms with van der Waals surface area (Å²) in [6, 6.07) is 19.1. The molecule has 0 spiro atoms. The lowest BCUT2D eigenvalue weighted by Crippen LogP contribution is -2.45. The highest BCUT2D eigenvalue weighted by atomic mass is 16.5. The van der Waals surface area contributed by atoms with Gasteiger partial charge in [-0.15, -0.1) is 0 Å². The van der Waals surface area contributed by atoms with Crippen molar-refractivity contribution in [2.45, 2.75) is 26.3 Å². The second-order valence-electron chi connectivity index (χ2n) is 7.72. The Labute approximate surface area is 175 Å². The summed E-state index contributed by atoms with van der Waals surface area (Å²) < 4.78 is 5.38. The van der Waals surface area contributed by atoms with Crippen LogP contribution in [0.4, 0.5) is 0 Å². The van der Waals surface area contributed by atoms with E-state index in [1.165, 1.54) is 0 Å². The molecule has 1 aliphatic heterocycles. The summed E-state index contributed by atoms with van der Waals surface area (Å²) in [5, 5.41) is 6.99. The Hall–Kier alpha value is -3.41. The van der Waals surface area contributed by atoms with Crippen molar-refractivity contribution < 1.29 is 14.1 Å². The molecule has 1 aromatic heterocycles. The molecule has 154 valence electrons. The van der Waals surface area contributed by atoms with E-state index >= 15 is 0 Å². The van der Waals surface area contributed by atoms with Gasteiger partial charge in [-0.2, -0.15) is 0 Å². The molecule has 0 radical (unpaired) electrons. The minimum Gasteiger partial charge on any atom is -0.356 e. The van der Waals surface area contributed by atoms with E-state index in [-0.39, 0.29) is 17.7 Å². The molecule has 2 amide bonds. The Morgan fingerprint density at radius 1 is 1.13 bits per heavy atom. The largest absolute Gasteiger partial charge is 0.356 e. The quantitative estimate of drug-likeness (QED) is 0.703. The van der Waals surface area contributed by atoms with Gasteiger partial charge in [-0.1, -0.05) is 53.2 Å². The molecule has 1 aliphatic rings. The van der Waals surface area contributed by atoms with Crippen LogP contribution in [0.1, 0.15) is 34.5 Å². The number of nitrogens with one attached hydrogen (secondary N) is 1. The lowest BCUT2D eigenvalue weighted by molar-refractivity contribution is -0.126. The van der Waals surface area contributed by atoms with Crippen LogP contribution in [-0.4, -0.2) is 35.0 Å². The first kappa shape index (κ1) is 19.9. The Kier molecular flexibility index (Phi) is 5.93. The van der Waals surface area contributed by atoms with Crippen molar-refractivity contribution in [1.82, 2.24) is 15.4 Å². The number of carbonyl (C=O) groups is 2. The molecule has 1 N–H and O–H groups in total. The van der Waals surface area contributed by atoms with Crippen LogP contribution in [0.15, 0.2) is 65.2 Å². The number of aryl methyl sites for hydroxylation is 1. The van der Waals surface area contributed by atoms with E-state index in [9.17, 15) is 9.59 Å². The first-order valence-electron chi connectivity index (χ1n) is 10.2. The van der Waals surface area contributed by atoms with Gasteiger partial charge in [0.1, 0.15) is 5.69 Å². The van der Waals surface area contributed by atoms with Gasteiger partial charge >= 0.3 is 0 Å². The zero-order chi connectivity index (χ0) is 20.9. The van der Waals surface area contributed by atoms with Crippen LogP contribution >= 0.6 is 0 Å². The molecule has 0 saturated carbocycles. The molecule has 0 bridgehead atoms. The zero-order valence-electron chi connectivity index (χ0n) is 17.0. The maximum absolute atomic E-state index is 12.8. The summed E-state index contributed by atoms with van der Waals surface area (Å²) in [6.45, 7) is 3.41. The van der Waals surface area contributed by atoms with E-state index in [4.69, 9.17) is 4.52 Å². The number of hydrogen-bond donors (Lipinski definition) is 1. The average molecular weight is 403 g/mol. The van der Waals surface area contributed by atoms with Crippen molar-refractivity contribution in [1.29, 1.82) is 0 Å². The predicted molar refractivity (Wildman–Crippen MR) is 114 cm³/mol. The molecule has 6 nitrogen and oxygen atoms in total. The second kappa shape index (κ2) is 8.95. The number of hydrogen-bond acceptors (Lipinski definition) is 4. The Bertz CT molecular complexity index is 1010. The molecule has 6 heteroatoms. The van der Waals surface area contributed by atoms with Crippen molar-refractivity contribution in [3.05, 3.63) is 77.5 Å². The molecular formula is C24H25N3O3. The molecule has 2 aromatic carbocycles. The Morgan fingerprint density at radius 3 is 2.67 bits per heavy atom. The van der Waals surface area contributed by atoms with Crippen LogP contribution in [0.3, 0.4) is 0 Å². The smallest absolute Gasteiger partial charge is 0.253 e. The number of rotatable bonds is 5. The molecule has 30 heavy (non-hydrogen) atoms. The number of piperidine rings is 1. The minimum absolute atomic E-state index is 0.0171. The molecule has 2 heterocycles. The molecule has 1 fully saturated rings. The van der Waals surface area contributed by atoms with Gasteiger partial charge in [0.05, 0.1) is 12.5 Å². The number of likely N-dealkylation sites (tertiary alicyclic amines) is 1.